The zero-order chi connectivity index (χ0) is 15.3. The lowest BCUT2D eigenvalue weighted by molar-refractivity contribution is -0.134. The third kappa shape index (κ3) is 5.45. The molecular weight excluding hydrogens is 283 g/mol. The largest absolute Gasteiger partial charge is 0.389 e. The highest BCUT2D eigenvalue weighted by Gasteiger charge is 2.27. The summed E-state index contributed by atoms with van der Waals surface area (Å²) in [5.41, 5.74) is 2.14. The fraction of sp³-hybridized carbons (Fsp3) is 0.429. The van der Waals surface area contributed by atoms with E-state index in [9.17, 15) is 13.2 Å². The number of aromatic nitrogens is 2. The standard InChI is InChI=1S/C14H16F3N3O/c1-10-2-4-11(5-3-10)18-9-7-13-19-12(20-21-13)6-8-14(15,16)17/h2-5,18H,6-9H2,1H3. The highest BCUT2D eigenvalue weighted by Crippen LogP contribution is 2.21. The van der Waals surface area contributed by atoms with E-state index in [0.717, 1.165) is 5.69 Å². The molecule has 0 aliphatic carbocycles. The second-order valence-electron chi connectivity index (χ2n) is 4.76. The van der Waals surface area contributed by atoms with Crippen molar-refractivity contribution in [2.75, 3.05) is 11.9 Å². The van der Waals surface area contributed by atoms with Gasteiger partial charge in [0, 0.05) is 25.1 Å². The van der Waals surface area contributed by atoms with Gasteiger partial charge in [-0.1, -0.05) is 22.9 Å². The van der Waals surface area contributed by atoms with Crippen LogP contribution in [-0.4, -0.2) is 22.9 Å². The van der Waals surface area contributed by atoms with Gasteiger partial charge in [0.15, 0.2) is 5.82 Å². The van der Waals surface area contributed by atoms with Crippen molar-refractivity contribution in [3.63, 3.8) is 0 Å². The summed E-state index contributed by atoms with van der Waals surface area (Å²) in [6.45, 7) is 2.58. The summed E-state index contributed by atoms with van der Waals surface area (Å²) < 4.78 is 41.1. The highest BCUT2D eigenvalue weighted by molar-refractivity contribution is 5.44. The van der Waals surface area contributed by atoms with Gasteiger partial charge in [0.1, 0.15) is 0 Å². The molecule has 1 heterocycles. The van der Waals surface area contributed by atoms with Crippen molar-refractivity contribution in [3.8, 4) is 0 Å². The summed E-state index contributed by atoms with van der Waals surface area (Å²) in [4.78, 5) is 3.94. The van der Waals surface area contributed by atoms with E-state index in [1.54, 1.807) is 0 Å². The molecule has 0 amide bonds. The monoisotopic (exact) mass is 299 g/mol. The Balaban J connectivity index is 1.76. The second-order valence-corrected chi connectivity index (χ2v) is 4.76. The molecule has 4 nitrogen and oxygen atoms in total. The van der Waals surface area contributed by atoms with Crippen LogP contribution in [0.25, 0.3) is 0 Å². The molecule has 0 aliphatic rings. The molecule has 1 aromatic heterocycles. The number of anilines is 1. The van der Waals surface area contributed by atoms with Crippen molar-refractivity contribution in [3.05, 3.63) is 41.5 Å². The predicted octanol–water partition coefficient (Wildman–Crippen LogP) is 3.53. The van der Waals surface area contributed by atoms with Crippen LogP contribution in [0, 0.1) is 6.92 Å². The maximum absolute atomic E-state index is 12.1. The Kier molecular flexibility index (Phi) is 4.82. The molecular formula is C14H16F3N3O. The van der Waals surface area contributed by atoms with Gasteiger partial charge in [-0.15, -0.1) is 0 Å². The molecule has 21 heavy (non-hydrogen) atoms. The molecule has 0 saturated carbocycles. The topological polar surface area (TPSA) is 51.0 Å². The first kappa shape index (κ1) is 15.3. The number of benzene rings is 1. The molecule has 0 atom stereocenters. The molecule has 7 heteroatoms. The summed E-state index contributed by atoms with van der Waals surface area (Å²) in [5.74, 6) is 0.435. The summed E-state index contributed by atoms with van der Waals surface area (Å²) in [6.07, 6.45) is -4.92. The predicted molar refractivity (Wildman–Crippen MR) is 72.0 cm³/mol. The maximum Gasteiger partial charge on any atom is 0.389 e. The lowest BCUT2D eigenvalue weighted by Gasteiger charge is -2.04. The number of nitrogens with one attached hydrogen (secondary N) is 1. The minimum absolute atomic E-state index is 0.0951. The van der Waals surface area contributed by atoms with Crippen LogP contribution in [0.5, 0.6) is 0 Å². The van der Waals surface area contributed by atoms with Crippen LogP contribution >= 0.6 is 0 Å². The van der Waals surface area contributed by atoms with E-state index in [0.29, 0.717) is 18.9 Å². The van der Waals surface area contributed by atoms with Crippen molar-refractivity contribution in [1.82, 2.24) is 10.1 Å². The average molecular weight is 299 g/mol. The molecule has 0 radical (unpaired) electrons. The van der Waals surface area contributed by atoms with Crippen LogP contribution in [-0.2, 0) is 12.8 Å². The van der Waals surface area contributed by atoms with Crippen molar-refractivity contribution in [2.45, 2.75) is 32.4 Å². The van der Waals surface area contributed by atoms with Gasteiger partial charge in [-0.2, -0.15) is 18.2 Å². The average Bonchev–Trinajstić information content (AvgIpc) is 2.86. The van der Waals surface area contributed by atoms with E-state index in [4.69, 9.17) is 4.52 Å². The van der Waals surface area contributed by atoms with Crippen LogP contribution in [0.2, 0.25) is 0 Å². The first-order chi connectivity index (χ1) is 9.92. The van der Waals surface area contributed by atoms with E-state index < -0.39 is 12.6 Å². The third-order valence-electron chi connectivity index (χ3n) is 2.86. The Bertz CT molecular complexity index is 564. The molecule has 0 unspecified atom stereocenters. The maximum atomic E-state index is 12.1. The molecule has 0 aliphatic heterocycles. The third-order valence-corrected chi connectivity index (χ3v) is 2.86. The van der Waals surface area contributed by atoms with Gasteiger partial charge < -0.3 is 9.84 Å². The Morgan fingerprint density at radius 3 is 2.52 bits per heavy atom. The molecule has 1 N–H and O–H groups in total. The van der Waals surface area contributed by atoms with Gasteiger partial charge in [0.25, 0.3) is 0 Å². The minimum Gasteiger partial charge on any atom is -0.385 e. The van der Waals surface area contributed by atoms with Crippen LogP contribution in [0.4, 0.5) is 18.9 Å². The fourth-order valence-electron chi connectivity index (χ4n) is 1.73. The lowest BCUT2D eigenvalue weighted by atomic mass is 10.2. The summed E-state index contributed by atoms with van der Waals surface area (Å²) in [5, 5.41) is 6.72. The van der Waals surface area contributed by atoms with Gasteiger partial charge >= 0.3 is 6.18 Å². The molecule has 0 spiro atoms. The summed E-state index contributed by atoms with van der Waals surface area (Å²) in [7, 11) is 0. The Hall–Kier alpha value is -2.05. The van der Waals surface area contributed by atoms with Crippen LogP contribution < -0.4 is 5.32 Å². The molecule has 2 rings (SSSR count). The summed E-state index contributed by atoms with van der Waals surface area (Å²) >= 11 is 0. The van der Waals surface area contributed by atoms with Crippen LogP contribution in [0.1, 0.15) is 23.7 Å². The number of hydrogen-bond donors (Lipinski definition) is 1. The molecule has 0 fully saturated rings. The van der Waals surface area contributed by atoms with Crippen molar-refractivity contribution in [1.29, 1.82) is 0 Å². The fourth-order valence-corrected chi connectivity index (χ4v) is 1.73. The Morgan fingerprint density at radius 2 is 1.86 bits per heavy atom. The number of hydrogen-bond acceptors (Lipinski definition) is 4. The highest BCUT2D eigenvalue weighted by atomic mass is 19.4. The van der Waals surface area contributed by atoms with Gasteiger partial charge in [0.2, 0.25) is 5.89 Å². The van der Waals surface area contributed by atoms with E-state index in [1.165, 1.54) is 5.56 Å². The molecule has 2 aromatic rings. The molecule has 114 valence electrons. The number of halogens is 3. The molecule has 1 aromatic carbocycles. The van der Waals surface area contributed by atoms with E-state index in [2.05, 4.69) is 15.5 Å². The first-order valence-electron chi connectivity index (χ1n) is 6.61. The first-order valence-corrected chi connectivity index (χ1v) is 6.61. The van der Waals surface area contributed by atoms with Crippen molar-refractivity contribution < 1.29 is 17.7 Å². The Morgan fingerprint density at radius 1 is 1.14 bits per heavy atom. The van der Waals surface area contributed by atoms with E-state index in [-0.39, 0.29) is 12.2 Å². The number of alkyl halides is 3. The van der Waals surface area contributed by atoms with Crippen molar-refractivity contribution >= 4 is 5.69 Å². The number of rotatable bonds is 6. The Labute approximate surface area is 120 Å². The minimum atomic E-state index is -4.20. The van der Waals surface area contributed by atoms with Gasteiger partial charge in [0.05, 0.1) is 6.42 Å². The second kappa shape index (κ2) is 6.60. The van der Waals surface area contributed by atoms with Crippen molar-refractivity contribution in [2.24, 2.45) is 0 Å². The number of aryl methyl sites for hydroxylation is 2. The normalized spacial score (nSPS) is 11.6. The van der Waals surface area contributed by atoms with Gasteiger partial charge in [-0.25, -0.2) is 0 Å². The van der Waals surface area contributed by atoms with Gasteiger partial charge in [-0.05, 0) is 19.1 Å². The molecule has 0 saturated heterocycles. The van der Waals surface area contributed by atoms with Gasteiger partial charge in [-0.3, -0.25) is 0 Å². The van der Waals surface area contributed by atoms with E-state index >= 15 is 0 Å². The molecule has 0 bridgehead atoms. The lowest BCUT2D eigenvalue weighted by Crippen LogP contribution is -2.09. The number of nitrogens with zero attached hydrogens (tertiary/aromatic N) is 2. The van der Waals surface area contributed by atoms with Crippen LogP contribution in [0.3, 0.4) is 0 Å². The van der Waals surface area contributed by atoms with E-state index in [1.807, 2.05) is 31.2 Å². The zero-order valence-electron chi connectivity index (χ0n) is 11.6. The SMILES string of the molecule is Cc1ccc(NCCc2nc(CCC(F)(F)F)no2)cc1. The van der Waals surface area contributed by atoms with Crippen LogP contribution in [0.15, 0.2) is 28.8 Å². The quantitative estimate of drug-likeness (QED) is 0.886. The summed E-state index contributed by atoms with van der Waals surface area (Å²) in [6, 6.07) is 7.89. The zero-order valence-corrected chi connectivity index (χ0v) is 11.6. The smallest absolute Gasteiger partial charge is 0.385 e.